The molecule has 1 aromatic carbocycles. The van der Waals surface area contributed by atoms with Crippen LogP contribution < -0.4 is 5.32 Å². The van der Waals surface area contributed by atoms with E-state index in [0.717, 1.165) is 84.1 Å². The maximum absolute atomic E-state index is 4.67. The van der Waals surface area contributed by atoms with Gasteiger partial charge in [-0.3, -0.25) is 24.9 Å². The highest BCUT2D eigenvalue weighted by atomic mass is 15.3. The van der Waals surface area contributed by atoms with Crippen molar-refractivity contribution in [3.8, 4) is 22.5 Å². The number of hydrogen-bond donors (Lipinski definition) is 2. The number of aromatic nitrogens is 4. The normalized spacial score (nSPS) is 15.3. The largest absolute Gasteiger partial charge is 0.382 e. The summed E-state index contributed by atoms with van der Waals surface area (Å²) in [6.45, 7) is 13.1. The van der Waals surface area contributed by atoms with Gasteiger partial charge in [0, 0.05) is 62.0 Å². The summed E-state index contributed by atoms with van der Waals surface area (Å²) < 4.78 is 0. The van der Waals surface area contributed by atoms with Gasteiger partial charge in [-0.2, -0.15) is 5.10 Å². The van der Waals surface area contributed by atoms with Crippen molar-refractivity contribution < 1.29 is 0 Å². The Labute approximate surface area is 201 Å². The Kier molecular flexibility index (Phi) is 6.56. The SMILES string of the molecule is Cc1cccc(-c2[nH]ncc2-c2ccc3ncc(NCCN4CCN(C(C)C)CC4)cc3c2)n1. The number of hydrogen-bond acceptors (Lipinski definition) is 6. The number of nitrogens with zero attached hydrogens (tertiary/aromatic N) is 5. The van der Waals surface area contributed by atoms with E-state index in [9.17, 15) is 0 Å². The molecule has 2 N–H and O–H groups in total. The molecule has 0 atom stereocenters. The van der Waals surface area contributed by atoms with E-state index >= 15 is 0 Å². The van der Waals surface area contributed by atoms with E-state index in [4.69, 9.17) is 0 Å². The molecule has 4 heterocycles. The third-order valence-electron chi connectivity index (χ3n) is 6.67. The van der Waals surface area contributed by atoms with Crippen molar-refractivity contribution in [1.29, 1.82) is 0 Å². The first-order chi connectivity index (χ1) is 16.6. The monoisotopic (exact) mass is 455 g/mol. The molecule has 0 spiro atoms. The quantitative estimate of drug-likeness (QED) is 0.429. The van der Waals surface area contributed by atoms with Crippen LogP contribution in [0.5, 0.6) is 0 Å². The Morgan fingerprint density at radius 2 is 1.88 bits per heavy atom. The molecule has 0 radical (unpaired) electrons. The van der Waals surface area contributed by atoms with Crippen LogP contribution >= 0.6 is 0 Å². The number of nitrogens with one attached hydrogen (secondary N) is 2. The minimum atomic E-state index is 0.639. The van der Waals surface area contributed by atoms with Crippen LogP contribution in [0.25, 0.3) is 33.4 Å². The number of benzene rings is 1. The number of H-pyrrole nitrogens is 1. The van der Waals surface area contributed by atoms with Crippen LogP contribution in [0.15, 0.2) is 54.9 Å². The molecular weight excluding hydrogens is 422 g/mol. The molecule has 5 rings (SSSR count). The van der Waals surface area contributed by atoms with Gasteiger partial charge in [-0.05, 0) is 56.7 Å². The van der Waals surface area contributed by atoms with Crippen molar-refractivity contribution in [1.82, 2.24) is 30.0 Å². The van der Waals surface area contributed by atoms with Crippen LogP contribution in [0.4, 0.5) is 5.69 Å². The van der Waals surface area contributed by atoms with Gasteiger partial charge >= 0.3 is 0 Å². The number of piperazine rings is 1. The second-order valence-electron chi connectivity index (χ2n) is 9.35. The number of anilines is 1. The lowest BCUT2D eigenvalue weighted by Gasteiger charge is -2.36. The highest BCUT2D eigenvalue weighted by Gasteiger charge is 2.18. The van der Waals surface area contributed by atoms with E-state index < -0.39 is 0 Å². The Hall–Kier alpha value is -3.29. The number of fused-ring (bicyclic) bond motifs is 1. The van der Waals surface area contributed by atoms with E-state index in [0.29, 0.717) is 6.04 Å². The van der Waals surface area contributed by atoms with Crippen LogP contribution in [0.1, 0.15) is 19.5 Å². The standard InChI is InChI=1S/C27H33N7/c1-19(2)34-13-11-33(12-14-34)10-9-28-23-16-22-15-21(7-8-25(22)29-17-23)24-18-30-32-27(24)26-6-4-5-20(3)31-26/h4-8,15-19,28H,9-14H2,1-3H3,(H,30,32). The van der Waals surface area contributed by atoms with Gasteiger partial charge in [0.1, 0.15) is 0 Å². The number of pyridine rings is 2. The van der Waals surface area contributed by atoms with E-state index in [1.165, 1.54) is 0 Å². The lowest BCUT2D eigenvalue weighted by Crippen LogP contribution is -2.49. The van der Waals surface area contributed by atoms with E-state index in [2.05, 4.69) is 73.4 Å². The molecule has 7 heteroatoms. The fourth-order valence-electron chi connectivity index (χ4n) is 4.64. The van der Waals surface area contributed by atoms with Crippen LogP contribution in [0.3, 0.4) is 0 Å². The molecule has 0 unspecified atom stereocenters. The van der Waals surface area contributed by atoms with Crippen molar-refractivity contribution in [2.75, 3.05) is 44.6 Å². The lowest BCUT2D eigenvalue weighted by atomic mass is 10.0. The number of rotatable bonds is 7. The Morgan fingerprint density at radius 3 is 2.68 bits per heavy atom. The second kappa shape index (κ2) is 9.91. The lowest BCUT2D eigenvalue weighted by molar-refractivity contribution is 0.111. The molecule has 0 saturated carbocycles. The maximum atomic E-state index is 4.67. The molecule has 176 valence electrons. The third kappa shape index (κ3) is 4.95. The van der Waals surface area contributed by atoms with Crippen molar-refractivity contribution in [2.45, 2.75) is 26.8 Å². The van der Waals surface area contributed by atoms with Gasteiger partial charge in [0.05, 0.1) is 35.0 Å². The Morgan fingerprint density at radius 1 is 1.03 bits per heavy atom. The summed E-state index contributed by atoms with van der Waals surface area (Å²) in [7, 11) is 0. The highest BCUT2D eigenvalue weighted by molar-refractivity contribution is 5.89. The summed E-state index contributed by atoms with van der Waals surface area (Å²) in [5.41, 5.74) is 6.99. The minimum absolute atomic E-state index is 0.639. The Bertz CT molecular complexity index is 1250. The topological polar surface area (TPSA) is 73.0 Å². The maximum Gasteiger partial charge on any atom is 0.0912 e. The van der Waals surface area contributed by atoms with Gasteiger partial charge < -0.3 is 5.32 Å². The van der Waals surface area contributed by atoms with Crippen molar-refractivity contribution in [2.24, 2.45) is 0 Å². The minimum Gasteiger partial charge on any atom is -0.382 e. The summed E-state index contributed by atoms with van der Waals surface area (Å²) in [6.07, 6.45) is 3.80. The molecule has 0 aliphatic carbocycles. The molecule has 4 aromatic rings. The number of aromatic amines is 1. The van der Waals surface area contributed by atoms with E-state index in [1.54, 1.807) is 0 Å². The smallest absolute Gasteiger partial charge is 0.0912 e. The van der Waals surface area contributed by atoms with Crippen LogP contribution in [0, 0.1) is 6.92 Å². The fraction of sp³-hybridized carbons (Fsp3) is 0.370. The molecule has 3 aromatic heterocycles. The van der Waals surface area contributed by atoms with Crippen LogP contribution in [-0.4, -0.2) is 75.3 Å². The van der Waals surface area contributed by atoms with E-state index in [-0.39, 0.29) is 0 Å². The molecular formula is C27H33N7. The summed E-state index contributed by atoms with van der Waals surface area (Å²) in [6, 6.07) is 15.2. The third-order valence-corrected chi connectivity index (χ3v) is 6.67. The summed E-state index contributed by atoms with van der Waals surface area (Å²) >= 11 is 0. The van der Waals surface area contributed by atoms with E-state index in [1.807, 2.05) is 37.5 Å². The second-order valence-corrected chi connectivity index (χ2v) is 9.35. The van der Waals surface area contributed by atoms with Gasteiger partial charge in [-0.15, -0.1) is 0 Å². The fourth-order valence-corrected chi connectivity index (χ4v) is 4.64. The summed E-state index contributed by atoms with van der Waals surface area (Å²) in [5.74, 6) is 0. The first-order valence-corrected chi connectivity index (χ1v) is 12.1. The van der Waals surface area contributed by atoms with Crippen LogP contribution in [0.2, 0.25) is 0 Å². The summed E-state index contributed by atoms with van der Waals surface area (Å²) in [4.78, 5) is 14.4. The summed E-state index contributed by atoms with van der Waals surface area (Å²) in [5, 5.41) is 12.1. The molecule has 1 fully saturated rings. The zero-order chi connectivity index (χ0) is 23.5. The average Bonchev–Trinajstić information content (AvgIpc) is 3.34. The van der Waals surface area contributed by atoms with Crippen molar-refractivity contribution in [3.63, 3.8) is 0 Å². The first-order valence-electron chi connectivity index (χ1n) is 12.1. The van der Waals surface area contributed by atoms with Crippen molar-refractivity contribution >= 4 is 16.6 Å². The molecule has 0 amide bonds. The highest BCUT2D eigenvalue weighted by Crippen LogP contribution is 2.31. The van der Waals surface area contributed by atoms with Gasteiger partial charge in [0.2, 0.25) is 0 Å². The zero-order valence-electron chi connectivity index (χ0n) is 20.3. The predicted molar refractivity (Wildman–Crippen MR) is 139 cm³/mol. The molecule has 1 aliphatic heterocycles. The van der Waals surface area contributed by atoms with Gasteiger partial charge in [-0.25, -0.2) is 0 Å². The Balaban J connectivity index is 1.28. The molecule has 1 aliphatic rings. The molecule has 1 saturated heterocycles. The van der Waals surface area contributed by atoms with Gasteiger partial charge in [0.15, 0.2) is 0 Å². The van der Waals surface area contributed by atoms with Gasteiger partial charge in [0.25, 0.3) is 0 Å². The molecule has 7 nitrogen and oxygen atoms in total. The average molecular weight is 456 g/mol. The molecule has 0 bridgehead atoms. The number of aryl methyl sites for hydroxylation is 1. The van der Waals surface area contributed by atoms with Crippen LogP contribution in [-0.2, 0) is 0 Å². The van der Waals surface area contributed by atoms with Gasteiger partial charge in [-0.1, -0.05) is 12.1 Å². The zero-order valence-corrected chi connectivity index (χ0v) is 20.3. The molecule has 34 heavy (non-hydrogen) atoms. The van der Waals surface area contributed by atoms with Crippen molar-refractivity contribution in [3.05, 3.63) is 60.6 Å². The first kappa shape index (κ1) is 22.5. The predicted octanol–water partition coefficient (Wildman–Crippen LogP) is 4.43.